The third kappa shape index (κ3) is 6.26. The minimum absolute atomic E-state index is 0.154. The van der Waals surface area contributed by atoms with Crippen LogP contribution < -0.4 is 5.32 Å². The summed E-state index contributed by atoms with van der Waals surface area (Å²) in [4.78, 5) is 24.4. The predicted molar refractivity (Wildman–Crippen MR) is 119 cm³/mol. The van der Waals surface area contributed by atoms with Crippen molar-refractivity contribution in [2.45, 2.75) is 18.2 Å². The van der Waals surface area contributed by atoms with Crippen molar-refractivity contribution in [2.24, 2.45) is 0 Å². The molecule has 7 heteroatoms. The monoisotopic (exact) mass is 437 g/mol. The van der Waals surface area contributed by atoms with Gasteiger partial charge < -0.3 is 10.1 Å². The van der Waals surface area contributed by atoms with E-state index < -0.39 is 28.3 Å². The van der Waals surface area contributed by atoms with E-state index in [2.05, 4.69) is 5.32 Å². The van der Waals surface area contributed by atoms with E-state index in [1.165, 1.54) is 12.1 Å². The van der Waals surface area contributed by atoms with Crippen molar-refractivity contribution in [3.63, 3.8) is 0 Å². The van der Waals surface area contributed by atoms with Gasteiger partial charge in [0.25, 0.3) is 5.91 Å². The first-order valence-electron chi connectivity index (χ1n) is 9.74. The van der Waals surface area contributed by atoms with Gasteiger partial charge in [-0.15, -0.1) is 0 Å². The average Bonchev–Trinajstić information content (AvgIpc) is 2.77. The molecule has 3 aromatic rings. The Balaban J connectivity index is 1.52. The number of nitrogens with one attached hydrogen (secondary N) is 1. The van der Waals surface area contributed by atoms with Gasteiger partial charge in [-0.2, -0.15) is 0 Å². The molecule has 160 valence electrons. The standard InChI is InChI=1S/C24H23NO5S/c1-18-11-13-20(14-12-18)31(28,29)16-15-24(27)30-17-23(26)25-22-10-6-5-9-21(22)19-7-3-2-4-8-19/h2-14H,15-17H2,1H3,(H,25,26). The molecule has 3 aromatic carbocycles. The lowest BCUT2D eigenvalue weighted by atomic mass is 10.0. The number of carbonyl (C=O) groups excluding carboxylic acids is 2. The average molecular weight is 438 g/mol. The number of para-hydroxylation sites is 1. The molecule has 3 rings (SSSR count). The summed E-state index contributed by atoms with van der Waals surface area (Å²) in [7, 11) is -3.60. The molecule has 0 unspecified atom stereocenters. The third-order valence-electron chi connectivity index (χ3n) is 4.61. The fourth-order valence-electron chi connectivity index (χ4n) is 2.95. The van der Waals surface area contributed by atoms with Crippen molar-refractivity contribution >= 4 is 27.4 Å². The summed E-state index contributed by atoms with van der Waals surface area (Å²) in [5.41, 5.74) is 3.32. The van der Waals surface area contributed by atoms with E-state index in [4.69, 9.17) is 4.74 Å². The lowest BCUT2D eigenvalue weighted by Gasteiger charge is -2.11. The number of sulfone groups is 1. The minimum Gasteiger partial charge on any atom is -0.456 e. The molecule has 0 saturated heterocycles. The van der Waals surface area contributed by atoms with Gasteiger partial charge in [-0.05, 0) is 30.7 Å². The first-order chi connectivity index (χ1) is 14.8. The Hall–Kier alpha value is -3.45. The summed E-state index contributed by atoms with van der Waals surface area (Å²) < 4.78 is 29.6. The highest BCUT2D eigenvalue weighted by Gasteiger charge is 2.18. The molecule has 0 saturated carbocycles. The van der Waals surface area contributed by atoms with E-state index in [0.717, 1.165) is 16.7 Å². The Kier molecular flexibility index (Phi) is 7.20. The molecule has 0 aliphatic rings. The van der Waals surface area contributed by atoms with Crippen LogP contribution in [0.2, 0.25) is 0 Å². The largest absolute Gasteiger partial charge is 0.456 e. The molecular formula is C24H23NO5S. The van der Waals surface area contributed by atoms with Crippen LogP contribution in [0.4, 0.5) is 5.69 Å². The number of hydrogen-bond acceptors (Lipinski definition) is 5. The number of rotatable bonds is 8. The molecule has 0 spiro atoms. The van der Waals surface area contributed by atoms with Crippen LogP contribution in [0.1, 0.15) is 12.0 Å². The highest BCUT2D eigenvalue weighted by molar-refractivity contribution is 7.91. The SMILES string of the molecule is Cc1ccc(S(=O)(=O)CCC(=O)OCC(=O)Nc2ccccc2-c2ccccc2)cc1. The maximum absolute atomic E-state index is 12.3. The maximum Gasteiger partial charge on any atom is 0.307 e. The molecule has 0 atom stereocenters. The van der Waals surface area contributed by atoms with Crippen molar-refractivity contribution in [2.75, 3.05) is 17.7 Å². The molecule has 31 heavy (non-hydrogen) atoms. The van der Waals surface area contributed by atoms with E-state index in [1.807, 2.05) is 49.4 Å². The van der Waals surface area contributed by atoms with Crippen molar-refractivity contribution in [1.82, 2.24) is 0 Å². The second-order valence-electron chi connectivity index (χ2n) is 7.00. The van der Waals surface area contributed by atoms with Gasteiger partial charge in [0.15, 0.2) is 16.4 Å². The second-order valence-corrected chi connectivity index (χ2v) is 9.11. The van der Waals surface area contributed by atoms with Gasteiger partial charge in [0.2, 0.25) is 0 Å². The van der Waals surface area contributed by atoms with Crippen LogP contribution in [0.25, 0.3) is 11.1 Å². The second kappa shape index (κ2) is 10.0. The highest BCUT2D eigenvalue weighted by Crippen LogP contribution is 2.27. The fraction of sp³-hybridized carbons (Fsp3) is 0.167. The Morgan fingerprint density at radius 3 is 2.23 bits per heavy atom. The van der Waals surface area contributed by atoms with Crippen molar-refractivity contribution < 1.29 is 22.7 Å². The van der Waals surface area contributed by atoms with Crippen LogP contribution in [-0.4, -0.2) is 32.7 Å². The molecule has 0 heterocycles. The minimum atomic E-state index is -3.60. The van der Waals surface area contributed by atoms with Gasteiger partial charge in [-0.25, -0.2) is 8.42 Å². The van der Waals surface area contributed by atoms with Crippen molar-refractivity contribution in [3.05, 3.63) is 84.4 Å². The zero-order valence-corrected chi connectivity index (χ0v) is 17.9. The number of hydrogen-bond donors (Lipinski definition) is 1. The molecule has 0 radical (unpaired) electrons. The molecule has 0 fully saturated rings. The van der Waals surface area contributed by atoms with Crippen LogP contribution in [0, 0.1) is 6.92 Å². The summed E-state index contributed by atoms with van der Waals surface area (Å²) in [5, 5.41) is 2.73. The molecule has 0 aliphatic heterocycles. The van der Waals surface area contributed by atoms with E-state index in [0.29, 0.717) is 5.69 Å². The van der Waals surface area contributed by atoms with E-state index >= 15 is 0 Å². The van der Waals surface area contributed by atoms with Gasteiger partial charge in [0, 0.05) is 11.3 Å². The Morgan fingerprint density at radius 2 is 1.52 bits per heavy atom. The zero-order chi connectivity index (χ0) is 22.3. The number of carbonyl (C=O) groups is 2. The quantitative estimate of drug-likeness (QED) is 0.538. The lowest BCUT2D eigenvalue weighted by Crippen LogP contribution is -2.22. The number of benzene rings is 3. The number of ether oxygens (including phenoxy) is 1. The highest BCUT2D eigenvalue weighted by atomic mass is 32.2. The van der Waals surface area contributed by atoms with Crippen LogP contribution >= 0.6 is 0 Å². The molecule has 1 amide bonds. The number of esters is 1. The third-order valence-corrected chi connectivity index (χ3v) is 6.34. The van der Waals surface area contributed by atoms with Gasteiger partial charge in [-0.1, -0.05) is 66.2 Å². The smallest absolute Gasteiger partial charge is 0.307 e. The Morgan fingerprint density at radius 1 is 0.871 bits per heavy atom. The zero-order valence-electron chi connectivity index (χ0n) is 17.1. The summed E-state index contributed by atoms with van der Waals surface area (Å²) in [6, 6.07) is 23.3. The molecule has 0 aliphatic carbocycles. The summed E-state index contributed by atoms with van der Waals surface area (Å²) in [6.45, 7) is 1.36. The van der Waals surface area contributed by atoms with Crippen LogP contribution in [0.5, 0.6) is 0 Å². The molecule has 0 bridgehead atoms. The summed E-state index contributed by atoms with van der Waals surface area (Å²) in [6.07, 6.45) is -0.329. The topological polar surface area (TPSA) is 89.5 Å². The normalized spacial score (nSPS) is 11.0. The van der Waals surface area contributed by atoms with Gasteiger partial charge in [0.05, 0.1) is 17.1 Å². The van der Waals surface area contributed by atoms with E-state index in [-0.39, 0.29) is 17.1 Å². The molecule has 6 nitrogen and oxygen atoms in total. The van der Waals surface area contributed by atoms with Gasteiger partial charge in [-0.3, -0.25) is 9.59 Å². The first-order valence-corrected chi connectivity index (χ1v) is 11.4. The fourth-order valence-corrected chi connectivity index (χ4v) is 4.17. The predicted octanol–water partition coefficient (Wildman–Crippen LogP) is 4.01. The lowest BCUT2D eigenvalue weighted by molar-refractivity contribution is -0.146. The van der Waals surface area contributed by atoms with E-state index in [9.17, 15) is 18.0 Å². The molecular weight excluding hydrogens is 414 g/mol. The van der Waals surface area contributed by atoms with Gasteiger partial charge >= 0.3 is 5.97 Å². The Bertz CT molecular complexity index is 1160. The van der Waals surface area contributed by atoms with E-state index in [1.54, 1.807) is 24.3 Å². The number of aryl methyl sites for hydroxylation is 1. The first kappa shape index (κ1) is 22.2. The summed E-state index contributed by atoms with van der Waals surface area (Å²) in [5.74, 6) is -1.63. The summed E-state index contributed by atoms with van der Waals surface area (Å²) >= 11 is 0. The number of amides is 1. The van der Waals surface area contributed by atoms with Crippen LogP contribution in [0.3, 0.4) is 0 Å². The van der Waals surface area contributed by atoms with Gasteiger partial charge in [0.1, 0.15) is 0 Å². The molecule has 1 N–H and O–H groups in total. The Labute approximate surface area is 181 Å². The van der Waals surface area contributed by atoms with Crippen molar-refractivity contribution in [3.8, 4) is 11.1 Å². The molecule has 0 aromatic heterocycles. The van der Waals surface area contributed by atoms with Crippen LogP contribution in [0.15, 0.2) is 83.8 Å². The van der Waals surface area contributed by atoms with Crippen LogP contribution in [-0.2, 0) is 24.2 Å². The number of anilines is 1. The maximum atomic E-state index is 12.3. The van der Waals surface area contributed by atoms with Crippen molar-refractivity contribution in [1.29, 1.82) is 0 Å².